The van der Waals surface area contributed by atoms with Gasteiger partial charge >= 0.3 is 6.03 Å². The van der Waals surface area contributed by atoms with E-state index in [2.05, 4.69) is 10.6 Å². The molecule has 1 aliphatic heterocycles. The van der Waals surface area contributed by atoms with E-state index in [0.29, 0.717) is 13.1 Å². The van der Waals surface area contributed by atoms with Crippen LogP contribution in [0.15, 0.2) is 35.7 Å². The second kappa shape index (κ2) is 9.81. The number of carbonyl (C=O) groups is 2. The van der Waals surface area contributed by atoms with Crippen molar-refractivity contribution in [1.82, 2.24) is 19.8 Å². The monoisotopic (exact) mass is 408 g/mol. The van der Waals surface area contributed by atoms with E-state index in [-0.39, 0.29) is 19.1 Å². The number of amides is 3. The number of rotatable bonds is 6. The number of piperazine rings is 1. The van der Waals surface area contributed by atoms with Crippen LogP contribution < -0.4 is 10.6 Å². The van der Waals surface area contributed by atoms with Gasteiger partial charge in [-0.2, -0.15) is 4.31 Å². The van der Waals surface area contributed by atoms with Gasteiger partial charge in [0.05, 0.1) is 6.04 Å². The summed E-state index contributed by atoms with van der Waals surface area (Å²) in [6, 6.07) is 8.11. The lowest BCUT2D eigenvalue weighted by Crippen LogP contribution is -2.56. The molecule has 1 aromatic rings. The second-order valence-electron chi connectivity index (χ2n) is 6.99. The first kappa shape index (κ1) is 22.1. The lowest BCUT2D eigenvalue weighted by atomic mass is 10.2. The van der Waals surface area contributed by atoms with Crippen LogP contribution in [0.25, 0.3) is 6.08 Å². The molecule has 3 amide bonds. The molecule has 2 rings (SSSR count). The molecule has 1 saturated heterocycles. The Morgan fingerprint density at radius 1 is 1.04 bits per heavy atom. The Morgan fingerprint density at radius 2 is 1.64 bits per heavy atom. The molecule has 1 atom stereocenters. The van der Waals surface area contributed by atoms with Crippen LogP contribution in [-0.2, 0) is 14.8 Å². The summed E-state index contributed by atoms with van der Waals surface area (Å²) in [6.07, 6.45) is 1.57. The van der Waals surface area contributed by atoms with Crippen molar-refractivity contribution in [3.05, 3.63) is 41.3 Å². The zero-order chi connectivity index (χ0) is 20.7. The molecule has 154 valence electrons. The maximum Gasteiger partial charge on any atom is 0.321 e. The van der Waals surface area contributed by atoms with E-state index < -0.39 is 28.0 Å². The van der Waals surface area contributed by atoms with Crippen molar-refractivity contribution in [2.24, 2.45) is 0 Å². The largest absolute Gasteiger partial charge is 0.336 e. The number of nitrogens with one attached hydrogen (secondary N) is 2. The molecule has 1 aromatic carbocycles. The van der Waals surface area contributed by atoms with Crippen LogP contribution in [0.5, 0.6) is 0 Å². The van der Waals surface area contributed by atoms with Crippen molar-refractivity contribution in [1.29, 1.82) is 0 Å². The van der Waals surface area contributed by atoms with Crippen molar-refractivity contribution in [2.45, 2.75) is 32.9 Å². The van der Waals surface area contributed by atoms with Gasteiger partial charge in [-0.15, -0.1) is 0 Å². The minimum atomic E-state index is -3.52. The summed E-state index contributed by atoms with van der Waals surface area (Å²) in [7, 11) is -3.52. The van der Waals surface area contributed by atoms with Gasteiger partial charge in [-0.05, 0) is 32.4 Å². The Kier molecular flexibility index (Phi) is 7.73. The number of imide groups is 1. The number of hydrogen-bond acceptors (Lipinski definition) is 5. The maximum absolute atomic E-state index is 12.5. The van der Waals surface area contributed by atoms with Crippen LogP contribution >= 0.6 is 0 Å². The molecule has 0 radical (unpaired) electrons. The van der Waals surface area contributed by atoms with Crippen LogP contribution in [0.1, 0.15) is 26.3 Å². The van der Waals surface area contributed by atoms with Gasteiger partial charge in [0.15, 0.2) is 0 Å². The van der Waals surface area contributed by atoms with Crippen molar-refractivity contribution >= 4 is 28.0 Å². The minimum absolute atomic E-state index is 0.0687. The SMILES string of the molecule is CC(C)NC(=O)NC(=O)[C@H](C)N1CCN(S(=O)(=O)/C=C/c2ccccc2)CC1. The molecule has 0 aliphatic carbocycles. The fraction of sp³-hybridized carbons (Fsp3) is 0.474. The van der Waals surface area contributed by atoms with Crippen LogP contribution in [-0.4, -0.2) is 67.8 Å². The first-order valence-electron chi connectivity index (χ1n) is 9.28. The first-order chi connectivity index (χ1) is 13.2. The molecule has 0 aromatic heterocycles. The van der Waals surface area contributed by atoms with Crippen LogP contribution in [0, 0.1) is 0 Å². The van der Waals surface area contributed by atoms with Crippen molar-refractivity contribution < 1.29 is 18.0 Å². The van der Waals surface area contributed by atoms with Crippen LogP contribution in [0.2, 0.25) is 0 Å². The Labute approximate surface area is 166 Å². The zero-order valence-electron chi connectivity index (χ0n) is 16.5. The molecule has 1 aliphatic rings. The molecule has 8 nitrogen and oxygen atoms in total. The average molecular weight is 409 g/mol. The molecule has 0 spiro atoms. The molecule has 1 heterocycles. The summed E-state index contributed by atoms with van der Waals surface area (Å²) in [5.41, 5.74) is 0.815. The summed E-state index contributed by atoms with van der Waals surface area (Å²) in [5.74, 6) is -0.404. The molecule has 28 heavy (non-hydrogen) atoms. The normalized spacial score (nSPS) is 17.6. The summed E-state index contributed by atoms with van der Waals surface area (Å²) < 4.78 is 26.4. The van der Waals surface area contributed by atoms with E-state index in [1.54, 1.807) is 26.8 Å². The molecule has 9 heteroatoms. The third-order valence-corrected chi connectivity index (χ3v) is 6.01. The van der Waals surface area contributed by atoms with Crippen molar-refractivity contribution in [3.63, 3.8) is 0 Å². The highest BCUT2D eigenvalue weighted by Crippen LogP contribution is 2.13. The average Bonchev–Trinajstić information content (AvgIpc) is 2.66. The van der Waals surface area contributed by atoms with Gasteiger partial charge in [0.2, 0.25) is 15.9 Å². The van der Waals surface area contributed by atoms with Gasteiger partial charge in [0, 0.05) is 37.6 Å². The van der Waals surface area contributed by atoms with Gasteiger partial charge in [-0.25, -0.2) is 13.2 Å². The predicted octanol–water partition coefficient (Wildman–Crippen LogP) is 1.23. The third kappa shape index (κ3) is 6.43. The van der Waals surface area contributed by atoms with E-state index >= 15 is 0 Å². The maximum atomic E-state index is 12.5. The minimum Gasteiger partial charge on any atom is -0.336 e. The Balaban J connectivity index is 1.88. The van der Waals surface area contributed by atoms with Crippen molar-refractivity contribution in [2.75, 3.05) is 26.2 Å². The molecule has 0 unspecified atom stereocenters. The second-order valence-corrected chi connectivity index (χ2v) is 8.81. The molecule has 0 bridgehead atoms. The number of sulfonamides is 1. The summed E-state index contributed by atoms with van der Waals surface area (Å²) in [5, 5.41) is 6.13. The summed E-state index contributed by atoms with van der Waals surface area (Å²) in [6.45, 7) is 6.72. The van der Waals surface area contributed by atoms with Crippen LogP contribution in [0.3, 0.4) is 0 Å². The van der Waals surface area contributed by atoms with Gasteiger partial charge < -0.3 is 5.32 Å². The zero-order valence-corrected chi connectivity index (χ0v) is 17.3. The van der Waals surface area contributed by atoms with E-state index in [9.17, 15) is 18.0 Å². The summed E-state index contributed by atoms with van der Waals surface area (Å²) in [4.78, 5) is 25.7. The van der Waals surface area contributed by atoms with Gasteiger partial charge in [0.1, 0.15) is 0 Å². The molecule has 1 fully saturated rings. The number of nitrogens with zero attached hydrogens (tertiary/aromatic N) is 2. The predicted molar refractivity (Wildman–Crippen MR) is 109 cm³/mol. The topological polar surface area (TPSA) is 98.8 Å². The fourth-order valence-corrected chi connectivity index (χ4v) is 4.01. The highest BCUT2D eigenvalue weighted by molar-refractivity contribution is 7.92. The first-order valence-corrected chi connectivity index (χ1v) is 10.8. The highest BCUT2D eigenvalue weighted by Gasteiger charge is 2.30. The van der Waals surface area contributed by atoms with Crippen molar-refractivity contribution in [3.8, 4) is 0 Å². The Hall–Kier alpha value is -2.23. The van der Waals surface area contributed by atoms with E-state index in [1.807, 2.05) is 35.2 Å². The molecular formula is C19H28N4O4S. The number of carbonyl (C=O) groups excluding carboxylic acids is 2. The van der Waals surface area contributed by atoms with Gasteiger partial charge in [0.25, 0.3) is 0 Å². The quantitative estimate of drug-likeness (QED) is 0.738. The molecular weight excluding hydrogens is 380 g/mol. The van der Waals surface area contributed by atoms with E-state index in [1.165, 1.54) is 9.71 Å². The lowest BCUT2D eigenvalue weighted by Gasteiger charge is -2.36. The van der Waals surface area contributed by atoms with Gasteiger partial charge in [-0.3, -0.25) is 15.0 Å². The Morgan fingerprint density at radius 3 is 2.21 bits per heavy atom. The number of benzene rings is 1. The van der Waals surface area contributed by atoms with Crippen LogP contribution in [0.4, 0.5) is 4.79 Å². The van der Waals surface area contributed by atoms with Gasteiger partial charge in [-0.1, -0.05) is 30.3 Å². The third-order valence-electron chi connectivity index (χ3n) is 4.45. The molecule has 2 N–H and O–H groups in total. The standard InChI is InChI=1S/C19H28N4O4S/c1-15(2)20-19(25)21-18(24)16(3)22-10-12-23(13-11-22)28(26,27)14-9-17-7-5-4-6-8-17/h4-9,14-16H,10-13H2,1-3H3,(H2,20,21,24,25)/b14-9+/t16-/m0/s1. The van der Waals surface area contributed by atoms with E-state index in [0.717, 1.165) is 5.56 Å². The smallest absolute Gasteiger partial charge is 0.321 e. The number of urea groups is 1. The van der Waals surface area contributed by atoms with E-state index in [4.69, 9.17) is 0 Å². The fourth-order valence-electron chi connectivity index (χ4n) is 2.84. The lowest BCUT2D eigenvalue weighted by molar-refractivity contribution is -0.125. The Bertz CT molecular complexity index is 800. The molecule has 0 saturated carbocycles. The number of hydrogen-bond donors (Lipinski definition) is 2. The summed E-state index contributed by atoms with van der Waals surface area (Å²) >= 11 is 0. The highest BCUT2D eigenvalue weighted by atomic mass is 32.2.